The number of methoxy groups -OCH3 is 1. The van der Waals surface area contributed by atoms with E-state index in [0.717, 1.165) is 82.7 Å². The number of hydrogen-bond acceptors (Lipinski definition) is 7. The van der Waals surface area contributed by atoms with Gasteiger partial charge < -0.3 is 20.2 Å². The van der Waals surface area contributed by atoms with Crippen LogP contribution in [0.3, 0.4) is 0 Å². The number of carbonyl (C=O) groups is 1. The van der Waals surface area contributed by atoms with Crippen molar-refractivity contribution in [2.75, 3.05) is 53.4 Å². The molecular weight excluding hydrogens is 689 g/mol. The van der Waals surface area contributed by atoms with Crippen molar-refractivity contribution in [3.63, 3.8) is 0 Å². The zero-order valence-corrected chi connectivity index (χ0v) is 38.2. The maximum Gasteiger partial charge on any atom is 0.126 e. The van der Waals surface area contributed by atoms with Crippen LogP contribution in [0, 0.1) is 43.9 Å². The summed E-state index contributed by atoms with van der Waals surface area (Å²) in [6.45, 7) is 33.3. The number of aldehydes is 1. The Hall–Kier alpha value is -3.07. The summed E-state index contributed by atoms with van der Waals surface area (Å²) in [7, 11) is 9.38. The fourth-order valence-corrected chi connectivity index (χ4v) is 8.31. The van der Waals surface area contributed by atoms with Gasteiger partial charge in [-0.25, -0.2) is 9.97 Å². The number of benzene rings is 2. The van der Waals surface area contributed by atoms with Crippen molar-refractivity contribution in [1.82, 2.24) is 19.8 Å². The summed E-state index contributed by atoms with van der Waals surface area (Å²) in [5.74, 6) is 4.65. The Morgan fingerprint density at radius 2 is 1.54 bits per heavy atom. The van der Waals surface area contributed by atoms with Gasteiger partial charge in [0.05, 0.1) is 12.6 Å². The van der Waals surface area contributed by atoms with Crippen LogP contribution in [0.5, 0.6) is 5.75 Å². The van der Waals surface area contributed by atoms with Gasteiger partial charge in [0.2, 0.25) is 0 Å². The Balaban J connectivity index is 0.000000688. The molecule has 6 rings (SSSR count). The lowest BCUT2D eigenvalue weighted by Gasteiger charge is -2.50. The highest BCUT2D eigenvalue weighted by atomic mass is 16.5. The molecule has 0 spiro atoms. The average Bonchev–Trinajstić information content (AvgIpc) is 3.17. The summed E-state index contributed by atoms with van der Waals surface area (Å²) < 4.78 is 5.28. The van der Waals surface area contributed by atoms with E-state index in [9.17, 15) is 4.79 Å². The van der Waals surface area contributed by atoms with Gasteiger partial charge in [0, 0.05) is 56.8 Å². The standard InChI is InChI=1S/C14H24.C12H14N2O.C8H9B.C7H17N3.C3H6O.2C2H6/c1-4-5-14-8-11(2)6-13(10-14)7-12(3)9-14;1-7-5-11-10(6-12(7)15-4)8(2)13-9(3)14-11;1-2-7-4-3-5-8(9)6-7;1-9-4-6-10(3-2-8)7-5-9;1-2-3-4;2*1-2/h4,11-13H,1,5-10H2,2-3H3;5-6H,1-4H3;3-6H,2H2,1H3;2-8H2,1H3;3H,2H2,1H3;2*1-2H3. The highest BCUT2D eigenvalue weighted by Gasteiger charge is 2.43. The zero-order chi connectivity index (χ0) is 42.7. The SMILES string of the molecule is C=CCC12CC(C)CC(CC(C)C1)C2.CC.CC.CCC=O.CN1CCN(CCN)CC1.COc1cc2c(C)nc(C)nc2cc1C.[B]c1cccc(CC)c1. The molecule has 3 aromatic rings. The largest absolute Gasteiger partial charge is 0.496 e. The molecule has 2 heterocycles. The van der Waals surface area contributed by atoms with E-state index < -0.39 is 0 Å². The summed E-state index contributed by atoms with van der Waals surface area (Å²) >= 11 is 0. The molecule has 314 valence electrons. The molecule has 1 aromatic heterocycles. The van der Waals surface area contributed by atoms with Crippen molar-refractivity contribution in [2.45, 2.75) is 128 Å². The van der Waals surface area contributed by atoms with E-state index in [-0.39, 0.29) is 0 Å². The Morgan fingerprint density at radius 1 is 0.946 bits per heavy atom. The van der Waals surface area contributed by atoms with E-state index in [1.165, 1.54) is 70.3 Å². The second-order valence-electron chi connectivity index (χ2n) is 15.5. The third-order valence-corrected chi connectivity index (χ3v) is 10.4. The number of likely N-dealkylation sites (N-methyl/N-ethyl adjacent to an activating group) is 1. The van der Waals surface area contributed by atoms with Crippen LogP contribution in [0.2, 0.25) is 0 Å². The van der Waals surface area contributed by atoms with Crippen molar-refractivity contribution in [1.29, 1.82) is 0 Å². The Kier molecular flexibility index (Phi) is 28.4. The minimum atomic E-state index is 0.639. The van der Waals surface area contributed by atoms with Crippen molar-refractivity contribution in [3.8, 4) is 5.75 Å². The molecule has 1 aliphatic heterocycles. The molecule has 1 saturated heterocycles. The van der Waals surface area contributed by atoms with E-state index in [4.69, 9.17) is 18.3 Å². The van der Waals surface area contributed by atoms with Gasteiger partial charge in [0.15, 0.2) is 0 Å². The number of hydrogen-bond donors (Lipinski definition) is 1. The summed E-state index contributed by atoms with van der Waals surface area (Å²) in [6.07, 6.45) is 13.4. The molecule has 2 N–H and O–H groups in total. The van der Waals surface area contributed by atoms with E-state index in [0.29, 0.717) is 11.8 Å². The molecule has 2 aromatic carbocycles. The Morgan fingerprint density at radius 3 is 2.00 bits per heavy atom. The Bertz CT molecular complexity index is 1470. The third-order valence-electron chi connectivity index (χ3n) is 10.4. The van der Waals surface area contributed by atoms with E-state index in [2.05, 4.69) is 66.3 Å². The van der Waals surface area contributed by atoms with E-state index >= 15 is 0 Å². The molecule has 56 heavy (non-hydrogen) atoms. The van der Waals surface area contributed by atoms with Crippen LogP contribution in [0.25, 0.3) is 10.9 Å². The molecule has 7 nitrogen and oxygen atoms in total. The number of nitrogens with two attached hydrogens (primary N) is 1. The van der Waals surface area contributed by atoms with Crippen LogP contribution >= 0.6 is 0 Å². The quantitative estimate of drug-likeness (QED) is 0.146. The van der Waals surface area contributed by atoms with Crippen LogP contribution in [0.15, 0.2) is 49.1 Å². The number of aromatic nitrogens is 2. The van der Waals surface area contributed by atoms with Crippen molar-refractivity contribution < 1.29 is 9.53 Å². The highest BCUT2D eigenvalue weighted by molar-refractivity contribution is 6.32. The first kappa shape index (κ1) is 52.9. The summed E-state index contributed by atoms with van der Waals surface area (Å²) in [4.78, 5) is 22.7. The molecule has 2 saturated carbocycles. The average molecular weight is 772 g/mol. The highest BCUT2D eigenvalue weighted by Crippen LogP contribution is 2.54. The molecule has 8 heteroatoms. The van der Waals surface area contributed by atoms with E-state index in [1.54, 1.807) is 7.11 Å². The van der Waals surface area contributed by atoms with Crippen LogP contribution in [-0.4, -0.2) is 87.3 Å². The van der Waals surface area contributed by atoms with Crippen LogP contribution in [0.1, 0.15) is 123 Å². The smallest absolute Gasteiger partial charge is 0.126 e. The van der Waals surface area contributed by atoms with Crippen molar-refractivity contribution >= 4 is 30.5 Å². The first-order valence-corrected chi connectivity index (χ1v) is 21.6. The van der Waals surface area contributed by atoms with Crippen molar-refractivity contribution in [3.05, 3.63) is 71.7 Å². The zero-order valence-electron chi connectivity index (χ0n) is 38.2. The molecule has 2 bridgehead atoms. The molecule has 3 fully saturated rings. The molecule has 3 aliphatic rings. The normalized spacial score (nSPS) is 21.1. The maximum absolute atomic E-state index is 9.17. The summed E-state index contributed by atoms with van der Waals surface area (Å²) in [6, 6.07) is 12.0. The summed E-state index contributed by atoms with van der Waals surface area (Å²) in [5, 5.41) is 1.06. The lowest BCUT2D eigenvalue weighted by atomic mass is 9.56. The second-order valence-corrected chi connectivity index (χ2v) is 15.5. The van der Waals surface area contributed by atoms with Gasteiger partial charge >= 0.3 is 0 Å². The fourth-order valence-electron chi connectivity index (χ4n) is 8.31. The summed E-state index contributed by atoms with van der Waals surface area (Å²) in [5.41, 5.74) is 11.3. The van der Waals surface area contributed by atoms with Gasteiger partial charge in [-0.1, -0.05) is 91.2 Å². The van der Waals surface area contributed by atoms with E-state index in [1.807, 2.05) is 85.7 Å². The fraction of sp³-hybridized carbons (Fsp3) is 0.646. The molecule has 2 unspecified atom stereocenters. The topological polar surface area (TPSA) is 84.6 Å². The lowest BCUT2D eigenvalue weighted by Crippen LogP contribution is -2.45. The number of aryl methyl sites for hydroxylation is 4. The third kappa shape index (κ3) is 19.9. The van der Waals surface area contributed by atoms with Crippen LogP contribution in [0.4, 0.5) is 0 Å². The maximum atomic E-state index is 9.17. The van der Waals surface area contributed by atoms with Gasteiger partial charge in [0.1, 0.15) is 25.7 Å². The molecular formula is C48H82BN5O2. The molecule has 0 amide bonds. The number of carbonyl (C=O) groups excluding carboxylic acids is 1. The predicted octanol–water partition coefficient (Wildman–Crippen LogP) is 9.86. The number of nitrogens with zero attached hydrogens (tertiary/aromatic N) is 4. The van der Waals surface area contributed by atoms with Crippen LogP contribution in [-0.2, 0) is 11.2 Å². The Labute approximate surface area is 346 Å². The second kappa shape index (κ2) is 30.1. The minimum Gasteiger partial charge on any atom is -0.496 e. The molecule has 2 atom stereocenters. The number of allylic oxidation sites excluding steroid dienone is 1. The minimum absolute atomic E-state index is 0.639. The van der Waals surface area contributed by atoms with Gasteiger partial charge in [-0.05, 0) is 119 Å². The number of rotatable bonds is 7. The van der Waals surface area contributed by atoms with Crippen molar-refractivity contribution in [2.24, 2.45) is 28.9 Å². The molecule has 2 aliphatic carbocycles. The van der Waals surface area contributed by atoms with Crippen LogP contribution < -0.4 is 15.9 Å². The number of fused-ring (bicyclic) bond motifs is 3. The van der Waals surface area contributed by atoms with Gasteiger partial charge in [-0.3, -0.25) is 4.90 Å². The predicted molar refractivity (Wildman–Crippen MR) is 246 cm³/mol. The first-order valence-electron chi connectivity index (χ1n) is 21.6. The molecule has 2 radical (unpaired) electrons. The first-order chi connectivity index (χ1) is 26.8. The van der Waals surface area contributed by atoms with Gasteiger partial charge in [-0.2, -0.15) is 0 Å². The van der Waals surface area contributed by atoms with Gasteiger partial charge in [0.25, 0.3) is 0 Å². The number of piperazine rings is 1. The number of ether oxygens (including phenoxy) is 1. The monoisotopic (exact) mass is 772 g/mol. The lowest BCUT2D eigenvalue weighted by molar-refractivity contribution is -0.107. The van der Waals surface area contributed by atoms with Gasteiger partial charge in [-0.15, -0.1) is 6.58 Å².